The van der Waals surface area contributed by atoms with Gasteiger partial charge in [-0.1, -0.05) is 18.6 Å². The topological polar surface area (TPSA) is 75.7 Å². The van der Waals surface area contributed by atoms with Crippen molar-refractivity contribution in [3.63, 3.8) is 0 Å². The number of aromatic nitrogens is 4. The SMILES string of the molecule is C1=CC(c2ccc(OC3CCCCC3)nc2)NC=C1c1nc(-c2ccsc2)n[nH]1. The predicted octanol–water partition coefficient (Wildman–Crippen LogP) is 4.88. The maximum atomic E-state index is 6.03. The van der Waals surface area contributed by atoms with Crippen LogP contribution in [0.1, 0.15) is 49.5 Å². The summed E-state index contributed by atoms with van der Waals surface area (Å²) in [5.41, 5.74) is 3.11. The normalized spacial score (nSPS) is 19.6. The lowest BCUT2D eigenvalue weighted by Gasteiger charge is -2.23. The molecule has 0 saturated heterocycles. The zero-order valence-corrected chi connectivity index (χ0v) is 16.9. The van der Waals surface area contributed by atoms with Crippen molar-refractivity contribution in [1.29, 1.82) is 0 Å². The highest BCUT2D eigenvalue weighted by molar-refractivity contribution is 7.08. The maximum absolute atomic E-state index is 6.03. The van der Waals surface area contributed by atoms with Crippen LogP contribution < -0.4 is 10.1 Å². The standard InChI is InChI=1S/C22H23N5OS/c1-2-4-18(5-3-1)28-20-9-7-15(12-24-20)19-8-6-16(13-23-19)21-25-22(27-26-21)17-10-11-29-14-17/h6-14,18-19,23H,1-5H2,(H,25,26,27). The highest BCUT2D eigenvalue weighted by atomic mass is 32.1. The number of thiophene rings is 1. The van der Waals surface area contributed by atoms with Gasteiger partial charge in [-0.25, -0.2) is 9.97 Å². The van der Waals surface area contributed by atoms with E-state index < -0.39 is 0 Å². The van der Waals surface area contributed by atoms with Gasteiger partial charge in [0.25, 0.3) is 0 Å². The molecule has 0 spiro atoms. The second-order valence-electron chi connectivity index (χ2n) is 7.43. The lowest BCUT2D eigenvalue weighted by Crippen LogP contribution is -2.20. The van der Waals surface area contributed by atoms with E-state index in [2.05, 4.69) is 43.7 Å². The molecule has 29 heavy (non-hydrogen) atoms. The summed E-state index contributed by atoms with van der Waals surface area (Å²) in [4.78, 5) is 9.11. The molecule has 1 aliphatic carbocycles. The number of hydrogen-bond donors (Lipinski definition) is 2. The molecule has 1 saturated carbocycles. The van der Waals surface area contributed by atoms with Gasteiger partial charge in [0.15, 0.2) is 11.6 Å². The molecule has 5 rings (SSSR count). The number of allylic oxidation sites excluding steroid dienone is 2. The third-order valence-electron chi connectivity index (χ3n) is 5.38. The maximum Gasteiger partial charge on any atom is 0.213 e. The summed E-state index contributed by atoms with van der Waals surface area (Å²) >= 11 is 1.64. The van der Waals surface area contributed by atoms with Gasteiger partial charge in [0, 0.05) is 35.0 Å². The molecule has 0 amide bonds. The molecular weight excluding hydrogens is 382 g/mol. The molecule has 0 bridgehead atoms. The van der Waals surface area contributed by atoms with E-state index in [0.29, 0.717) is 6.10 Å². The second kappa shape index (κ2) is 8.21. The van der Waals surface area contributed by atoms with Crippen molar-refractivity contribution in [3.05, 3.63) is 64.9 Å². The van der Waals surface area contributed by atoms with Crippen LogP contribution in [0.25, 0.3) is 17.0 Å². The second-order valence-corrected chi connectivity index (χ2v) is 8.21. The van der Waals surface area contributed by atoms with Crippen LogP contribution in [-0.4, -0.2) is 26.3 Å². The first-order chi connectivity index (χ1) is 14.3. The molecule has 3 aromatic heterocycles. The minimum absolute atomic E-state index is 0.0780. The summed E-state index contributed by atoms with van der Waals surface area (Å²) in [5.74, 6) is 2.19. The van der Waals surface area contributed by atoms with Gasteiger partial charge < -0.3 is 10.1 Å². The number of nitrogens with zero attached hydrogens (tertiary/aromatic N) is 3. The van der Waals surface area contributed by atoms with Crippen molar-refractivity contribution in [2.75, 3.05) is 0 Å². The van der Waals surface area contributed by atoms with Crippen molar-refractivity contribution >= 4 is 16.9 Å². The summed E-state index contributed by atoms with van der Waals surface area (Å²) in [6.45, 7) is 0. The van der Waals surface area contributed by atoms with E-state index >= 15 is 0 Å². The van der Waals surface area contributed by atoms with Gasteiger partial charge in [0.05, 0.1) is 6.04 Å². The fourth-order valence-electron chi connectivity index (χ4n) is 3.75. The summed E-state index contributed by atoms with van der Waals surface area (Å²) in [6.07, 6.45) is 14.5. The van der Waals surface area contributed by atoms with E-state index in [1.54, 1.807) is 11.3 Å². The Morgan fingerprint density at radius 2 is 2.03 bits per heavy atom. The molecule has 3 aromatic rings. The van der Waals surface area contributed by atoms with Crippen LogP contribution in [0.4, 0.5) is 0 Å². The summed E-state index contributed by atoms with van der Waals surface area (Å²) in [6, 6.07) is 6.15. The Hall–Kier alpha value is -2.93. The lowest BCUT2D eigenvalue weighted by molar-refractivity contribution is 0.148. The number of ether oxygens (including phenoxy) is 1. The van der Waals surface area contributed by atoms with Gasteiger partial charge in [0.1, 0.15) is 6.10 Å². The van der Waals surface area contributed by atoms with Crippen LogP contribution >= 0.6 is 11.3 Å². The van der Waals surface area contributed by atoms with Crippen LogP contribution in [0.5, 0.6) is 5.88 Å². The van der Waals surface area contributed by atoms with Crippen LogP contribution in [0.15, 0.2) is 53.5 Å². The molecule has 148 valence electrons. The fourth-order valence-corrected chi connectivity index (χ4v) is 4.38. The zero-order valence-electron chi connectivity index (χ0n) is 16.0. The van der Waals surface area contributed by atoms with E-state index in [4.69, 9.17) is 4.74 Å². The molecule has 1 unspecified atom stereocenters. The lowest BCUT2D eigenvalue weighted by atomic mass is 9.98. The summed E-state index contributed by atoms with van der Waals surface area (Å²) in [5, 5.41) is 14.8. The monoisotopic (exact) mass is 405 g/mol. The number of pyridine rings is 1. The van der Waals surface area contributed by atoms with Crippen molar-refractivity contribution in [1.82, 2.24) is 25.5 Å². The Labute approximate surface area is 173 Å². The minimum Gasteiger partial charge on any atom is -0.474 e. The molecule has 2 N–H and O–H groups in total. The number of dihydropyridines is 1. The molecular formula is C22H23N5OS. The quantitative estimate of drug-likeness (QED) is 0.633. The van der Waals surface area contributed by atoms with Gasteiger partial charge in [0.2, 0.25) is 5.88 Å². The molecule has 2 aliphatic rings. The van der Waals surface area contributed by atoms with E-state index in [-0.39, 0.29) is 6.04 Å². The molecule has 6 nitrogen and oxygen atoms in total. The van der Waals surface area contributed by atoms with Crippen LogP contribution in [0.3, 0.4) is 0 Å². The average molecular weight is 406 g/mol. The van der Waals surface area contributed by atoms with Gasteiger partial charge in [-0.05, 0) is 48.8 Å². The highest BCUT2D eigenvalue weighted by Gasteiger charge is 2.17. The molecule has 1 fully saturated rings. The van der Waals surface area contributed by atoms with Crippen molar-refractivity contribution in [3.8, 4) is 17.3 Å². The molecule has 1 aliphatic heterocycles. The third kappa shape index (κ3) is 4.10. The minimum atomic E-state index is 0.0780. The first-order valence-electron chi connectivity index (χ1n) is 10.1. The molecule has 1 atom stereocenters. The first-order valence-corrected chi connectivity index (χ1v) is 11.0. The van der Waals surface area contributed by atoms with Gasteiger partial charge in [-0.2, -0.15) is 16.4 Å². The number of H-pyrrole nitrogens is 1. The number of aromatic amines is 1. The number of hydrogen-bond acceptors (Lipinski definition) is 6. The Morgan fingerprint density at radius 1 is 1.10 bits per heavy atom. The average Bonchev–Trinajstić information content (AvgIpc) is 3.47. The summed E-state index contributed by atoms with van der Waals surface area (Å²) < 4.78 is 6.03. The van der Waals surface area contributed by atoms with E-state index in [0.717, 1.165) is 47.1 Å². The van der Waals surface area contributed by atoms with E-state index in [1.165, 1.54) is 19.3 Å². The molecule has 0 aromatic carbocycles. The number of rotatable bonds is 5. The van der Waals surface area contributed by atoms with Crippen LogP contribution in [0, 0.1) is 0 Å². The largest absolute Gasteiger partial charge is 0.474 e. The zero-order chi connectivity index (χ0) is 19.5. The van der Waals surface area contributed by atoms with E-state index in [9.17, 15) is 0 Å². The molecule has 7 heteroatoms. The van der Waals surface area contributed by atoms with Crippen LogP contribution in [0.2, 0.25) is 0 Å². The van der Waals surface area contributed by atoms with Crippen molar-refractivity contribution < 1.29 is 4.74 Å². The van der Waals surface area contributed by atoms with Gasteiger partial charge in [-0.3, -0.25) is 5.10 Å². The van der Waals surface area contributed by atoms with Crippen LogP contribution in [-0.2, 0) is 0 Å². The summed E-state index contributed by atoms with van der Waals surface area (Å²) in [7, 11) is 0. The highest BCUT2D eigenvalue weighted by Crippen LogP contribution is 2.26. The number of nitrogens with one attached hydrogen (secondary N) is 2. The predicted molar refractivity (Wildman–Crippen MR) is 114 cm³/mol. The van der Waals surface area contributed by atoms with Crippen molar-refractivity contribution in [2.24, 2.45) is 0 Å². The molecule has 0 radical (unpaired) electrons. The Kier molecular flexibility index (Phi) is 5.13. The fraction of sp³-hybridized carbons (Fsp3) is 0.318. The van der Waals surface area contributed by atoms with Gasteiger partial charge >= 0.3 is 0 Å². The first kappa shape index (κ1) is 18.1. The Balaban J connectivity index is 1.22. The van der Waals surface area contributed by atoms with Gasteiger partial charge in [-0.15, -0.1) is 0 Å². The smallest absolute Gasteiger partial charge is 0.213 e. The Bertz CT molecular complexity index is 1000. The van der Waals surface area contributed by atoms with Crippen molar-refractivity contribution in [2.45, 2.75) is 44.2 Å². The van der Waals surface area contributed by atoms with E-state index in [1.807, 2.05) is 35.3 Å². The third-order valence-corrected chi connectivity index (χ3v) is 6.07. The molecule has 4 heterocycles. The Morgan fingerprint density at radius 3 is 2.76 bits per heavy atom.